The fourth-order valence-electron chi connectivity index (χ4n) is 2.02. The standard InChI is InChI=1S/C15H13N3O3/c1-10(15(20)21-2)18-13(12-5-3-4-8-17-12)7-6-11(9-16)14(18)19/h3-8,10H,1-2H3. The van der Waals surface area contributed by atoms with Crippen molar-refractivity contribution in [3.05, 3.63) is 52.4 Å². The minimum atomic E-state index is -0.854. The third kappa shape index (κ3) is 2.67. The van der Waals surface area contributed by atoms with Gasteiger partial charge >= 0.3 is 5.97 Å². The van der Waals surface area contributed by atoms with Gasteiger partial charge in [0, 0.05) is 6.20 Å². The summed E-state index contributed by atoms with van der Waals surface area (Å²) in [5, 5.41) is 8.99. The Kier molecular flexibility index (Phi) is 4.14. The molecule has 0 amide bonds. The quantitative estimate of drug-likeness (QED) is 0.797. The lowest BCUT2D eigenvalue weighted by Gasteiger charge is -2.17. The molecule has 0 N–H and O–H groups in total. The number of aromatic nitrogens is 2. The first-order chi connectivity index (χ1) is 10.1. The molecule has 0 radical (unpaired) electrons. The number of rotatable bonds is 3. The summed E-state index contributed by atoms with van der Waals surface area (Å²) in [5.41, 5.74) is 0.413. The zero-order chi connectivity index (χ0) is 15.4. The molecule has 2 heterocycles. The van der Waals surface area contributed by atoms with E-state index in [1.54, 1.807) is 37.4 Å². The van der Waals surface area contributed by atoms with Gasteiger partial charge in [-0.15, -0.1) is 0 Å². The highest BCUT2D eigenvalue weighted by molar-refractivity contribution is 5.75. The Labute approximate surface area is 121 Å². The number of esters is 1. The third-order valence-electron chi connectivity index (χ3n) is 3.09. The van der Waals surface area contributed by atoms with Crippen molar-refractivity contribution < 1.29 is 9.53 Å². The van der Waals surface area contributed by atoms with Gasteiger partial charge in [0.25, 0.3) is 5.56 Å². The van der Waals surface area contributed by atoms with Crippen LogP contribution in [0.15, 0.2) is 41.3 Å². The second-order valence-electron chi connectivity index (χ2n) is 4.33. The van der Waals surface area contributed by atoms with E-state index in [-0.39, 0.29) is 5.56 Å². The smallest absolute Gasteiger partial charge is 0.328 e. The van der Waals surface area contributed by atoms with Crippen molar-refractivity contribution in [2.75, 3.05) is 7.11 Å². The molecule has 0 bridgehead atoms. The molecule has 6 nitrogen and oxygen atoms in total. The Morgan fingerprint density at radius 3 is 2.71 bits per heavy atom. The van der Waals surface area contributed by atoms with Crippen molar-refractivity contribution in [2.24, 2.45) is 0 Å². The lowest BCUT2D eigenvalue weighted by molar-refractivity contribution is -0.144. The summed E-state index contributed by atoms with van der Waals surface area (Å²) in [6.07, 6.45) is 1.59. The highest BCUT2D eigenvalue weighted by Gasteiger charge is 2.22. The van der Waals surface area contributed by atoms with Crippen LogP contribution < -0.4 is 5.56 Å². The molecule has 2 rings (SSSR count). The van der Waals surface area contributed by atoms with Gasteiger partial charge in [0.05, 0.1) is 18.5 Å². The van der Waals surface area contributed by atoms with Gasteiger partial charge in [-0.2, -0.15) is 5.26 Å². The minimum absolute atomic E-state index is 0.0366. The van der Waals surface area contributed by atoms with E-state index in [0.29, 0.717) is 11.4 Å². The second kappa shape index (κ2) is 6.01. The van der Waals surface area contributed by atoms with Crippen LogP contribution in [0.4, 0.5) is 0 Å². The van der Waals surface area contributed by atoms with E-state index in [0.717, 1.165) is 0 Å². The average Bonchev–Trinajstić information content (AvgIpc) is 2.54. The van der Waals surface area contributed by atoms with Gasteiger partial charge in [-0.1, -0.05) is 6.07 Å². The predicted molar refractivity (Wildman–Crippen MR) is 75.4 cm³/mol. The maximum Gasteiger partial charge on any atom is 0.328 e. The fourth-order valence-corrected chi connectivity index (χ4v) is 2.02. The molecule has 1 atom stereocenters. The van der Waals surface area contributed by atoms with E-state index in [2.05, 4.69) is 9.72 Å². The van der Waals surface area contributed by atoms with Crippen molar-refractivity contribution in [3.63, 3.8) is 0 Å². The number of carbonyl (C=O) groups excluding carboxylic acids is 1. The number of nitrogens with zero attached hydrogens (tertiary/aromatic N) is 3. The number of ether oxygens (including phenoxy) is 1. The van der Waals surface area contributed by atoms with Crippen LogP contribution in [0.3, 0.4) is 0 Å². The summed E-state index contributed by atoms with van der Waals surface area (Å²) in [6.45, 7) is 1.54. The van der Waals surface area contributed by atoms with Crippen LogP contribution in [0.25, 0.3) is 11.4 Å². The minimum Gasteiger partial charge on any atom is -0.467 e. The topological polar surface area (TPSA) is 85.0 Å². The van der Waals surface area contributed by atoms with Crippen LogP contribution in [-0.4, -0.2) is 22.6 Å². The molecule has 0 aliphatic carbocycles. The van der Waals surface area contributed by atoms with Gasteiger partial charge in [-0.3, -0.25) is 14.3 Å². The molecule has 2 aromatic heterocycles. The highest BCUT2D eigenvalue weighted by atomic mass is 16.5. The summed E-state index contributed by atoms with van der Waals surface area (Å²) in [5.74, 6) is -0.565. The van der Waals surface area contributed by atoms with Crippen LogP contribution in [0.5, 0.6) is 0 Å². The third-order valence-corrected chi connectivity index (χ3v) is 3.09. The molecule has 0 spiro atoms. The van der Waals surface area contributed by atoms with E-state index in [9.17, 15) is 9.59 Å². The highest BCUT2D eigenvalue weighted by Crippen LogP contribution is 2.19. The molecule has 1 unspecified atom stereocenters. The number of nitriles is 1. The van der Waals surface area contributed by atoms with E-state index in [4.69, 9.17) is 5.26 Å². The summed E-state index contributed by atoms with van der Waals surface area (Å²) >= 11 is 0. The first-order valence-corrected chi connectivity index (χ1v) is 6.25. The van der Waals surface area contributed by atoms with Gasteiger partial charge in [0.2, 0.25) is 0 Å². The summed E-state index contributed by atoms with van der Waals surface area (Å²) in [4.78, 5) is 28.3. The maximum absolute atomic E-state index is 12.4. The van der Waals surface area contributed by atoms with Gasteiger partial charge in [0.1, 0.15) is 17.7 Å². The van der Waals surface area contributed by atoms with Crippen LogP contribution >= 0.6 is 0 Å². The van der Waals surface area contributed by atoms with Crippen LogP contribution in [-0.2, 0) is 9.53 Å². The first-order valence-electron chi connectivity index (χ1n) is 6.25. The Morgan fingerprint density at radius 1 is 1.38 bits per heavy atom. The first kappa shape index (κ1) is 14.5. The Balaban J connectivity index is 2.73. The number of methoxy groups -OCH3 is 1. The van der Waals surface area contributed by atoms with Crippen molar-refractivity contribution >= 4 is 5.97 Å². The number of hydrogen-bond donors (Lipinski definition) is 0. The van der Waals surface area contributed by atoms with Crippen LogP contribution in [0, 0.1) is 11.3 Å². The van der Waals surface area contributed by atoms with E-state index in [1.165, 1.54) is 17.7 Å². The summed E-state index contributed by atoms with van der Waals surface area (Å²) in [6, 6.07) is 9.24. The second-order valence-corrected chi connectivity index (χ2v) is 4.33. The van der Waals surface area contributed by atoms with Gasteiger partial charge in [-0.05, 0) is 31.2 Å². The zero-order valence-corrected chi connectivity index (χ0v) is 11.6. The van der Waals surface area contributed by atoms with Crippen LogP contribution in [0.2, 0.25) is 0 Å². The van der Waals surface area contributed by atoms with Gasteiger partial charge in [0.15, 0.2) is 0 Å². The molecule has 2 aromatic rings. The van der Waals surface area contributed by atoms with Gasteiger partial charge in [-0.25, -0.2) is 4.79 Å². The normalized spacial score (nSPS) is 11.5. The average molecular weight is 283 g/mol. The zero-order valence-electron chi connectivity index (χ0n) is 11.6. The molecular weight excluding hydrogens is 270 g/mol. The molecular formula is C15H13N3O3. The fraction of sp³-hybridized carbons (Fsp3) is 0.200. The van der Waals surface area contributed by atoms with Crippen molar-refractivity contribution in [1.29, 1.82) is 5.26 Å². The SMILES string of the molecule is COC(=O)C(C)n1c(-c2ccccn2)ccc(C#N)c1=O. The molecule has 0 saturated heterocycles. The van der Waals surface area contributed by atoms with E-state index in [1.807, 2.05) is 6.07 Å². The molecule has 0 fully saturated rings. The Hall–Kier alpha value is -2.94. The number of carbonyl (C=O) groups is 1. The monoisotopic (exact) mass is 283 g/mol. The van der Waals surface area contributed by atoms with Crippen molar-refractivity contribution in [2.45, 2.75) is 13.0 Å². The van der Waals surface area contributed by atoms with E-state index < -0.39 is 17.6 Å². The number of pyridine rings is 2. The Morgan fingerprint density at radius 2 is 2.14 bits per heavy atom. The molecule has 0 aliphatic heterocycles. The molecule has 0 saturated carbocycles. The molecule has 0 aromatic carbocycles. The molecule has 106 valence electrons. The molecule has 0 aliphatic rings. The maximum atomic E-state index is 12.4. The van der Waals surface area contributed by atoms with E-state index >= 15 is 0 Å². The molecule has 21 heavy (non-hydrogen) atoms. The summed E-state index contributed by atoms with van der Waals surface area (Å²) < 4.78 is 5.91. The molecule has 6 heteroatoms. The van der Waals surface area contributed by atoms with Crippen molar-refractivity contribution in [3.8, 4) is 17.5 Å². The number of hydrogen-bond acceptors (Lipinski definition) is 5. The summed E-state index contributed by atoms with van der Waals surface area (Å²) in [7, 11) is 1.25. The Bertz CT molecular complexity index is 760. The lowest BCUT2D eigenvalue weighted by atomic mass is 10.1. The predicted octanol–water partition coefficient (Wildman–Crippen LogP) is 1.52. The lowest BCUT2D eigenvalue weighted by Crippen LogP contribution is -2.31. The largest absolute Gasteiger partial charge is 0.467 e. The van der Waals surface area contributed by atoms with Gasteiger partial charge < -0.3 is 4.74 Å². The van der Waals surface area contributed by atoms with Crippen LogP contribution in [0.1, 0.15) is 18.5 Å². The van der Waals surface area contributed by atoms with Crippen molar-refractivity contribution in [1.82, 2.24) is 9.55 Å².